The molecule has 1 rings (SSSR count). The summed E-state index contributed by atoms with van der Waals surface area (Å²) in [7, 11) is 0. The Bertz CT molecular complexity index is 239. The number of hydrogen-bond acceptors (Lipinski definition) is 2. The highest BCUT2D eigenvalue weighted by Gasteiger charge is 2.42. The molecule has 7 heteroatoms. The van der Waals surface area contributed by atoms with Gasteiger partial charge in [0.15, 0.2) is 12.1 Å². The molecule has 0 aromatic rings. The maximum Gasteiger partial charge on any atom is 0.422 e. The van der Waals surface area contributed by atoms with E-state index < -0.39 is 24.3 Å². The van der Waals surface area contributed by atoms with Gasteiger partial charge in [0.2, 0.25) is 0 Å². The summed E-state index contributed by atoms with van der Waals surface area (Å²) in [5.74, 6) is -0.820. The number of quaternary nitrogens is 1. The van der Waals surface area contributed by atoms with E-state index in [0.717, 1.165) is 19.3 Å². The van der Waals surface area contributed by atoms with E-state index in [1.54, 1.807) is 0 Å². The lowest BCUT2D eigenvalue weighted by Gasteiger charge is -2.27. The quantitative estimate of drug-likeness (QED) is 0.587. The van der Waals surface area contributed by atoms with Crippen molar-refractivity contribution in [2.24, 2.45) is 0 Å². The van der Waals surface area contributed by atoms with Gasteiger partial charge in [0, 0.05) is 12.8 Å². The van der Waals surface area contributed by atoms with Crippen LogP contribution in [0, 0.1) is 0 Å². The number of esters is 1. The summed E-state index contributed by atoms with van der Waals surface area (Å²) in [6, 6.07) is 0. The minimum atomic E-state index is -4.46. The number of carbonyl (C=O) groups excluding carboxylic acids is 1. The first-order chi connectivity index (χ1) is 6.83. The predicted molar refractivity (Wildman–Crippen MR) is 45.7 cm³/mol. The van der Waals surface area contributed by atoms with Gasteiger partial charge in [-0.25, -0.2) is 4.79 Å². The summed E-state index contributed by atoms with van der Waals surface area (Å²) in [5.41, 5.74) is 2.73. The van der Waals surface area contributed by atoms with Gasteiger partial charge in [-0.3, -0.25) is 0 Å². The molecule has 0 radical (unpaired) electrons. The van der Waals surface area contributed by atoms with Gasteiger partial charge in [-0.05, 0) is 12.8 Å². The molecule has 0 aromatic carbocycles. The molecule has 3 nitrogen and oxygen atoms in total. The zero-order valence-electron chi connectivity index (χ0n) is 8.78. The van der Waals surface area contributed by atoms with Gasteiger partial charge in [0.25, 0.3) is 0 Å². The van der Waals surface area contributed by atoms with Crippen molar-refractivity contribution in [1.29, 1.82) is 0 Å². The molecule has 1 aliphatic rings. The Balaban J connectivity index is 0.00000225. The van der Waals surface area contributed by atoms with Crippen molar-refractivity contribution in [3.63, 3.8) is 0 Å². The van der Waals surface area contributed by atoms with Crippen LogP contribution in [0.4, 0.5) is 13.2 Å². The topological polar surface area (TPSA) is 53.9 Å². The molecule has 96 valence electrons. The zero-order valence-corrected chi connectivity index (χ0v) is 9.53. The molecule has 0 saturated heterocycles. The molecule has 0 atom stereocenters. The molecule has 0 aliphatic heterocycles. The van der Waals surface area contributed by atoms with Crippen LogP contribution < -0.4 is 18.1 Å². The van der Waals surface area contributed by atoms with E-state index in [1.807, 2.05) is 0 Å². The Hall–Kier alpha value is -0.490. The first kappa shape index (κ1) is 15.5. The van der Waals surface area contributed by atoms with Crippen LogP contribution in [0.1, 0.15) is 32.1 Å². The summed E-state index contributed by atoms with van der Waals surface area (Å²) in [4.78, 5) is 11.4. The largest absolute Gasteiger partial charge is 1.00 e. The normalized spacial score (nSPS) is 19.8. The predicted octanol–water partition coefficient (Wildman–Crippen LogP) is -1.96. The lowest BCUT2D eigenvalue weighted by Crippen LogP contribution is -3.00. The maximum absolute atomic E-state index is 11.8. The minimum Gasteiger partial charge on any atom is -1.00 e. The Labute approximate surface area is 97.9 Å². The van der Waals surface area contributed by atoms with Crippen LogP contribution in [0.5, 0.6) is 0 Å². The van der Waals surface area contributed by atoms with Crippen LogP contribution >= 0.6 is 0 Å². The third-order valence-corrected chi connectivity index (χ3v) is 2.61. The summed E-state index contributed by atoms with van der Waals surface area (Å²) in [6.07, 6.45) is -0.771. The van der Waals surface area contributed by atoms with E-state index >= 15 is 0 Å². The Morgan fingerprint density at radius 2 is 1.75 bits per heavy atom. The second kappa shape index (κ2) is 5.72. The molecule has 3 N–H and O–H groups in total. The fourth-order valence-electron chi connectivity index (χ4n) is 1.73. The lowest BCUT2D eigenvalue weighted by molar-refractivity contribution is -0.469. The van der Waals surface area contributed by atoms with Crippen LogP contribution in [0.15, 0.2) is 0 Å². The second-order valence-corrected chi connectivity index (χ2v) is 4.03. The van der Waals surface area contributed by atoms with Crippen LogP contribution in [0.3, 0.4) is 0 Å². The molecule has 0 aromatic heterocycles. The SMILES string of the molecule is [Cl-].[NH3+]C1(C(=O)OCC(F)(F)F)CCCCC1. The smallest absolute Gasteiger partial charge is 0.422 e. The van der Waals surface area contributed by atoms with E-state index in [2.05, 4.69) is 10.5 Å². The Morgan fingerprint density at radius 3 is 2.19 bits per heavy atom. The summed E-state index contributed by atoms with van der Waals surface area (Å²) in [6.45, 7) is -1.51. The zero-order chi connectivity index (χ0) is 11.5. The monoisotopic (exact) mass is 261 g/mol. The van der Waals surface area contributed by atoms with Gasteiger partial charge < -0.3 is 22.9 Å². The minimum absolute atomic E-state index is 0. The van der Waals surface area contributed by atoms with Crippen LogP contribution in [0.25, 0.3) is 0 Å². The van der Waals surface area contributed by atoms with Crippen molar-refractivity contribution in [3.05, 3.63) is 0 Å². The third kappa shape index (κ3) is 4.57. The highest BCUT2D eigenvalue weighted by molar-refractivity contribution is 5.78. The molecule has 1 aliphatic carbocycles. The lowest BCUT2D eigenvalue weighted by atomic mass is 9.83. The highest BCUT2D eigenvalue weighted by atomic mass is 35.5. The number of halogens is 4. The first-order valence-electron chi connectivity index (χ1n) is 4.93. The van der Waals surface area contributed by atoms with Crippen molar-refractivity contribution in [2.45, 2.75) is 43.8 Å². The van der Waals surface area contributed by atoms with Crippen LogP contribution in [-0.4, -0.2) is 24.3 Å². The fraction of sp³-hybridized carbons (Fsp3) is 0.889. The molecular weight excluding hydrogens is 247 g/mol. The number of alkyl halides is 3. The Kier molecular flexibility index (Phi) is 5.55. The molecule has 0 unspecified atom stereocenters. The first-order valence-corrected chi connectivity index (χ1v) is 4.93. The summed E-state index contributed by atoms with van der Waals surface area (Å²) < 4.78 is 39.7. The highest BCUT2D eigenvalue weighted by Crippen LogP contribution is 2.26. The number of hydrogen-bond donors (Lipinski definition) is 1. The van der Waals surface area contributed by atoms with Gasteiger partial charge in [-0.2, -0.15) is 13.2 Å². The molecule has 1 fully saturated rings. The molecule has 0 amide bonds. The maximum atomic E-state index is 11.8. The molecular formula is C9H15ClF3NO2. The van der Waals surface area contributed by atoms with Gasteiger partial charge >= 0.3 is 12.1 Å². The average Bonchev–Trinajstić information content (AvgIpc) is 2.14. The van der Waals surface area contributed by atoms with Crippen molar-refractivity contribution < 1.29 is 40.8 Å². The van der Waals surface area contributed by atoms with Gasteiger partial charge in [-0.1, -0.05) is 6.42 Å². The number of carbonyl (C=O) groups is 1. The van der Waals surface area contributed by atoms with E-state index in [4.69, 9.17) is 0 Å². The van der Waals surface area contributed by atoms with Crippen LogP contribution in [-0.2, 0) is 9.53 Å². The standard InChI is InChI=1S/C9H14F3NO2.ClH/c10-9(11,12)6-15-7(14)8(13)4-2-1-3-5-8;/h1-6,13H2;1H. The molecule has 0 bridgehead atoms. The summed E-state index contributed by atoms with van der Waals surface area (Å²) >= 11 is 0. The average molecular weight is 262 g/mol. The van der Waals surface area contributed by atoms with E-state index in [9.17, 15) is 18.0 Å². The van der Waals surface area contributed by atoms with Crippen molar-refractivity contribution in [1.82, 2.24) is 0 Å². The van der Waals surface area contributed by atoms with Gasteiger partial charge in [0.05, 0.1) is 0 Å². The van der Waals surface area contributed by atoms with E-state index in [1.165, 1.54) is 0 Å². The van der Waals surface area contributed by atoms with Gasteiger partial charge in [0.1, 0.15) is 0 Å². The molecule has 16 heavy (non-hydrogen) atoms. The number of rotatable bonds is 2. The molecule has 0 heterocycles. The van der Waals surface area contributed by atoms with Crippen molar-refractivity contribution in [2.75, 3.05) is 6.61 Å². The third-order valence-electron chi connectivity index (χ3n) is 2.61. The number of ether oxygens (including phenoxy) is 1. The second-order valence-electron chi connectivity index (χ2n) is 4.03. The molecule has 0 spiro atoms. The van der Waals surface area contributed by atoms with E-state index in [-0.39, 0.29) is 12.4 Å². The molecule has 1 saturated carbocycles. The van der Waals surface area contributed by atoms with Crippen LogP contribution in [0.2, 0.25) is 0 Å². The summed E-state index contributed by atoms with van der Waals surface area (Å²) in [5, 5.41) is 0. The van der Waals surface area contributed by atoms with Crippen molar-refractivity contribution >= 4 is 5.97 Å². The van der Waals surface area contributed by atoms with Gasteiger partial charge in [-0.15, -0.1) is 0 Å². The van der Waals surface area contributed by atoms with E-state index in [0.29, 0.717) is 12.8 Å². The fourth-order valence-corrected chi connectivity index (χ4v) is 1.73. The Morgan fingerprint density at radius 1 is 1.25 bits per heavy atom. The van der Waals surface area contributed by atoms with Crippen molar-refractivity contribution in [3.8, 4) is 0 Å².